The molecule has 240 valence electrons. The first kappa shape index (κ1) is 31.1. The smallest absolute Gasteiger partial charge is 0.203 e. The van der Waals surface area contributed by atoms with Crippen molar-refractivity contribution in [3.05, 3.63) is 84.2 Å². The van der Waals surface area contributed by atoms with Crippen LogP contribution in [-0.2, 0) is 6.54 Å². The van der Waals surface area contributed by atoms with Crippen molar-refractivity contribution in [2.24, 2.45) is 0 Å². The summed E-state index contributed by atoms with van der Waals surface area (Å²) in [7, 11) is 3.14. The maximum Gasteiger partial charge on any atom is 0.203 e. The Balaban J connectivity index is 1.35. The van der Waals surface area contributed by atoms with Gasteiger partial charge in [0.05, 0.1) is 60.5 Å². The molecule has 0 unspecified atom stereocenters. The van der Waals surface area contributed by atoms with Gasteiger partial charge in [-0.15, -0.1) is 0 Å². The zero-order valence-corrected chi connectivity index (χ0v) is 26.6. The molecule has 2 aromatic carbocycles. The van der Waals surface area contributed by atoms with Crippen molar-refractivity contribution >= 4 is 28.1 Å². The third-order valence-electron chi connectivity index (χ3n) is 8.48. The topological polar surface area (TPSA) is 87.9 Å². The predicted molar refractivity (Wildman–Crippen MR) is 176 cm³/mol. The van der Waals surface area contributed by atoms with Gasteiger partial charge in [-0.2, -0.15) is 0 Å². The van der Waals surface area contributed by atoms with Crippen LogP contribution in [0.2, 0.25) is 0 Å². The molecule has 1 saturated heterocycles. The molecule has 1 fully saturated rings. The maximum atomic E-state index is 14.9. The molecule has 9 nitrogen and oxygen atoms in total. The molecule has 6 rings (SSSR count). The van der Waals surface area contributed by atoms with E-state index in [-0.39, 0.29) is 29.2 Å². The normalized spacial score (nSPS) is 14.1. The van der Waals surface area contributed by atoms with Crippen LogP contribution in [0.25, 0.3) is 22.2 Å². The molecule has 5 aromatic rings. The number of rotatable bonds is 8. The first-order valence-electron chi connectivity index (χ1n) is 15.2. The lowest BCUT2D eigenvalue weighted by Crippen LogP contribution is -2.53. The van der Waals surface area contributed by atoms with Crippen LogP contribution in [0.4, 0.5) is 26.0 Å². The molecular formula is C35H38F2N6O3. The Kier molecular flexibility index (Phi) is 8.43. The van der Waals surface area contributed by atoms with Crippen molar-refractivity contribution in [3.63, 3.8) is 0 Å². The number of halogens is 2. The lowest BCUT2D eigenvalue weighted by Gasteiger charge is -2.42. The number of fused-ring (bicyclic) bond motifs is 1. The average molecular weight is 629 g/mol. The van der Waals surface area contributed by atoms with E-state index >= 15 is 0 Å². The molecule has 2 N–H and O–H groups in total. The summed E-state index contributed by atoms with van der Waals surface area (Å²) < 4.78 is 42.3. The van der Waals surface area contributed by atoms with E-state index < -0.39 is 11.6 Å². The highest BCUT2D eigenvalue weighted by Crippen LogP contribution is 2.39. The number of piperazine rings is 1. The summed E-state index contributed by atoms with van der Waals surface area (Å²) in [5.41, 5.74) is 2.50. The second-order valence-corrected chi connectivity index (χ2v) is 12.3. The fraction of sp³-hybridized carbons (Fsp3) is 0.314. The second kappa shape index (κ2) is 12.5. The van der Waals surface area contributed by atoms with E-state index in [2.05, 4.69) is 45.9 Å². The lowest BCUT2D eigenvalue weighted by molar-refractivity contribution is 0.128. The molecule has 11 heteroatoms. The highest BCUT2D eigenvalue weighted by atomic mass is 19.1. The molecule has 3 aromatic heterocycles. The summed E-state index contributed by atoms with van der Waals surface area (Å²) in [6.45, 7) is 10.7. The van der Waals surface area contributed by atoms with Crippen LogP contribution in [0, 0.1) is 11.6 Å². The van der Waals surface area contributed by atoms with Crippen molar-refractivity contribution in [1.82, 2.24) is 19.4 Å². The van der Waals surface area contributed by atoms with Gasteiger partial charge in [-0.25, -0.2) is 18.7 Å². The largest absolute Gasteiger partial charge is 0.497 e. The van der Waals surface area contributed by atoms with Gasteiger partial charge in [0.2, 0.25) is 5.88 Å². The zero-order valence-electron chi connectivity index (χ0n) is 26.6. The number of aromatic hydroxyl groups is 1. The lowest BCUT2D eigenvalue weighted by atomic mass is 10.0. The molecular weight excluding hydrogens is 590 g/mol. The van der Waals surface area contributed by atoms with Crippen LogP contribution in [0.1, 0.15) is 26.3 Å². The van der Waals surface area contributed by atoms with Gasteiger partial charge in [0.1, 0.15) is 29.0 Å². The van der Waals surface area contributed by atoms with E-state index in [1.54, 1.807) is 31.0 Å². The summed E-state index contributed by atoms with van der Waals surface area (Å²) in [6.07, 6.45) is 3.46. The van der Waals surface area contributed by atoms with Crippen LogP contribution in [0.15, 0.2) is 67.0 Å². The van der Waals surface area contributed by atoms with E-state index in [9.17, 15) is 13.9 Å². The predicted octanol–water partition coefficient (Wildman–Crippen LogP) is 6.81. The number of ether oxygens (including phenoxy) is 2. The van der Waals surface area contributed by atoms with Crippen molar-refractivity contribution in [2.75, 3.05) is 50.6 Å². The Labute approximate surface area is 267 Å². The fourth-order valence-electron chi connectivity index (χ4n) is 5.92. The number of aromatic nitrogens is 3. The molecule has 0 amide bonds. The number of anilines is 3. The Hall–Kier alpha value is -4.90. The van der Waals surface area contributed by atoms with Crippen molar-refractivity contribution in [1.29, 1.82) is 0 Å². The maximum absolute atomic E-state index is 14.9. The third kappa shape index (κ3) is 6.15. The number of hydrogen-bond donors (Lipinski definition) is 2. The minimum Gasteiger partial charge on any atom is -0.497 e. The fourth-order valence-corrected chi connectivity index (χ4v) is 5.92. The molecule has 0 radical (unpaired) electrons. The number of methoxy groups -OCH3 is 2. The first-order valence-corrected chi connectivity index (χ1v) is 15.2. The van der Waals surface area contributed by atoms with E-state index in [0.29, 0.717) is 33.9 Å². The molecule has 1 aliphatic heterocycles. The number of nitrogens with one attached hydrogen (secondary N) is 1. The Morgan fingerprint density at radius 2 is 1.67 bits per heavy atom. The Bertz CT molecular complexity index is 1840. The van der Waals surface area contributed by atoms with Crippen LogP contribution >= 0.6 is 0 Å². The molecule has 46 heavy (non-hydrogen) atoms. The molecule has 1 aliphatic rings. The SMILES string of the molecule is COc1ccc(Cn2cc3nc(-c4c(F)cccc4F)cc(Nc4ccc(N5CCN(C(C)(C)C)CC5)cn4)c3c2O)c(OC)c1. The summed E-state index contributed by atoms with van der Waals surface area (Å²) in [4.78, 5) is 14.0. The minimum absolute atomic E-state index is 0.0724. The number of hydrogen-bond acceptors (Lipinski definition) is 8. The molecule has 0 aliphatic carbocycles. The number of nitrogens with zero attached hydrogens (tertiary/aromatic N) is 5. The van der Waals surface area contributed by atoms with Gasteiger partial charge in [0.15, 0.2) is 0 Å². The van der Waals surface area contributed by atoms with Crippen molar-refractivity contribution in [2.45, 2.75) is 32.9 Å². The van der Waals surface area contributed by atoms with Crippen LogP contribution in [0.3, 0.4) is 0 Å². The van der Waals surface area contributed by atoms with Gasteiger partial charge in [-0.1, -0.05) is 6.07 Å². The molecule has 4 heterocycles. The van der Waals surface area contributed by atoms with Gasteiger partial charge in [-0.3, -0.25) is 4.90 Å². The highest BCUT2D eigenvalue weighted by molar-refractivity contribution is 5.99. The minimum atomic E-state index is -0.738. The van der Waals surface area contributed by atoms with E-state index in [4.69, 9.17) is 9.47 Å². The average Bonchev–Trinajstić information content (AvgIpc) is 3.35. The first-order chi connectivity index (χ1) is 22.0. The molecule has 0 saturated carbocycles. The van der Waals surface area contributed by atoms with Gasteiger partial charge in [0, 0.05) is 49.5 Å². The van der Waals surface area contributed by atoms with E-state index in [1.807, 2.05) is 30.5 Å². The number of pyridine rings is 2. The Morgan fingerprint density at radius 1 is 0.935 bits per heavy atom. The van der Waals surface area contributed by atoms with Crippen LogP contribution in [0.5, 0.6) is 17.4 Å². The second-order valence-electron chi connectivity index (χ2n) is 12.3. The molecule has 0 spiro atoms. The van der Waals surface area contributed by atoms with E-state index in [0.717, 1.165) is 37.4 Å². The van der Waals surface area contributed by atoms with Gasteiger partial charge in [0.25, 0.3) is 0 Å². The summed E-state index contributed by atoms with van der Waals surface area (Å²) in [6, 6.07) is 14.5. The molecule has 0 bridgehead atoms. The van der Waals surface area contributed by atoms with Crippen LogP contribution in [-0.4, -0.2) is 70.5 Å². The quantitative estimate of drug-likeness (QED) is 0.194. The summed E-state index contributed by atoms with van der Waals surface area (Å²) in [5.74, 6) is 0.182. The summed E-state index contributed by atoms with van der Waals surface area (Å²) >= 11 is 0. The van der Waals surface area contributed by atoms with Gasteiger partial charge >= 0.3 is 0 Å². The monoisotopic (exact) mass is 628 g/mol. The van der Waals surface area contributed by atoms with Crippen molar-refractivity contribution in [3.8, 4) is 28.6 Å². The third-order valence-corrected chi connectivity index (χ3v) is 8.48. The molecule has 0 atom stereocenters. The van der Waals surface area contributed by atoms with Crippen LogP contribution < -0.4 is 19.7 Å². The van der Waals surface area contributed by atoms with E-state index in [1.165, 1.54) is 24.3 Å². The Morgan fingerprint density at radius 3 is 2.30 bits per heavy atom. The standard InChI is InChI=1S/C35H38F2N6O3/c1-35(2,3)43-15-13-41(14-16-43)23-10-12-31(38-19-23)40-28-18-27(32-25(36)7-6-8-26(32)37)39-29-21-42(34(44)33(28)29)20-22-9-11-24(45-4)17-30(22)46-5/h6-12,17-19,21,44H,13-16,20H2,1-5H3,(H,38,40). The summed E-state index contributed by atoms with van der Waals surface area (Å²) in [5, 5.41) is 15.1. The highest BCUT2D eigenvalue weighted by Gasteiger charge is 2.26. The zero-order chi connectivity index (χ0) is 32.6. The number of benzene rings is 2. The van der Waals surface area contributed by atoms with Crippen molar-refractivity contribution < 1.29 is 23.4 Å². The van der Waals surface area contributed by atoms with Gasteiger partial charge < -0.3 is 29.4 Å². The van der Waals surface area contributed by atoms with Gasteiger partial charge in [-0.05, 0) is 63.2 Å².